The summed E-state index contributed by atoms with van der Waals surface area (Å²) in [6.07, 6.45) is 2.36. The number of benzene rings is 1. The van der Waals surface area contributed by atoms with E-state index in [4.69, 9.17) is 5.73 Å². The van der Waals surface area contributed by atoms with Crippen LogP contribution in [0.5, 0.6) is 0 Å². The van der Waals surface area contributed by atoms with E-state index in [2.05, 4.69) is 5.10 Å². The standard InChI is InChI=1S/C12H12FN3/c13-9-2-1-3-10(6-9)16-12(14)7-11(15-16)8-4-5-8/h1-3,6-8H,4-5,14H2. The molecule has 0 spiro atoms. The number of hydrogen-bond acceptors (Lipinski definition) is 2. The van der Waals surface area contributed by atoms with E-state index in [1.54, 1.807) is 16.8 Å². The van der Waals surface area contributed by atoms with Gasteiger partial charge < -0.3 is 5.73 Å². The van der Waals surface area contributed by atoms with Crippen LogP contribution in [-0.2, 0) is 0 Å². The van der Waals surface area contributed by atoms with E-state index < -0.39 is 0 Å². The Labute approximate surface area is 92.7 Å². The monoisotopic (exact) mass is 217 g/mol. The molecule has 1 saturated carbocycles. The Hall–Kier alpha value is -1.84. The van der Waals surface area contributed by atoms with Crippen molar-refractivity contribution in [2.24, 2.45) is 0 Å². The number of nitrogens with two attached hydrogens (primary N) is 1. The van der Waals surface area contributed by atoms with Crippen molar-refractivity contribution in [3.05, 3.63) is 41.8 Å². The van der Waals surface area contributed by atoms with Crippen molar-refractivity contribution >= 4 is 5.82 Å². The van der Waals surface area contributed by atoms with E-state index in [0.29, 0.717) is 17.4 Å². The first kappa shape index (κ1) is 9.39. The normalized spacial score (nSPS) is 15.3. The van der Waals surface area contributed by atoms with Crippen LogP contribution in [0.25, 0.3) is 5.69 Å². The van der Waals surface area contributed by atoms with Gasteiger partial charge in [-0.3, -0.25) is 0 Å². The average molecular weight is 217 g/mol. The maximum absolute atomic E-state index is 13.1. The van der Waals surface area contributed by atoms with E-state index in [1.807, 2.05) is 6.07 Å². The van der Waals surface area contributed by atoms with Gasteiger partial charge in [0.2, 0.25) is 0 Å². The summed E-state index contributed by atoms with van der Waals surface area (Å²) in [6, 6.07) is 8.17. The van der Waals surface area contributed by atoms with Crippen molar-refractivity contribution in [3.63, 3.8) is 0 Å². The lowest BCUT2D eigenvalue weighted by Gasteiger charge is -2.03. The molecule has 0 saturated heterocycles. The van der Waals surface area contributed by atoms with Gasteiger partial charge >= 0.3 is 0 Å². The molecule has 0 bridgehead atoms. The molecule has 3 nitrogen and oxygen atoms in total. The molecule has 1 aromatic carbocycles. The summed E-state index contributed by atoms with van der Waals surface area (Å²) in [5, 5.41) is 4.41. The summed E-state index contributed by atoms with van der Waals surface area (Å²) >= 11 is 0. The second-order valence-corrected chi connectivity index (χ2v) is 4.16. The number of nitrogen functional groups attached to an aromatic ring is 1. The van der Waals surface area contributed by atoms with Gasteiger partial charge in [0.05, 0.1) is 11.4 Å². The van der Waals surface area contributed by atoms with Gasteiger partial charge in [-0.05, 0) is 31.0 Å². The molecule has 0 atom stereocenters. The molecule has 0 radical (unpaired) electrons. The lowest BCUT2D eigenvalue weighted by atomic mass is 10.3. The Morgan fingerprint density at radius 1 is 1.31 bits per heavy atom. The van der Waals surface area contributed by atoms with Gasteiger partial charge in [0, 0.05) is 12.0 Å². The summed E-state index contributed by atoms with van der Waals surface area (Å²) in [4.78, 5) is 0. The van der Waals surface area contributed by atoms with Gasteiger partial charge in [0.1, 0.15) is 11.6 Å². The largest absolute Gasteiger partial charge is 0.384 e. The summed E-state index contributed by atoms with van der Waals surface area (Å²) < 4.78 is 14.7. The molecule has 1 aliphatic carbocycles. The first-order chi connectivity index (χ1) is 7.74. The molecule has 1 heterocycles. The van der Waals surface area contributed by atoms with Gasteiger partial charge in [0.25, 0.3) is 0 Å². The first-order valence-corrected chi connectivity index (χ1v) is 5.35. The zero-order valence-corrected chi connectivity index (χ0v) is 8.73. The Balaban J connectivity index is 2.04. The molecule has 0 aliphatic heterocycles. The zero-order valence-electron chi connectivity index (χ0n) is 8.73. The second-order valence-electron chi connectivity index (χ2n) is 4.16. The van der Waals surface area contributed by atoms with Crippen molar-refractivity contribution in [1.29, 1.82) is 0 Å². The maximum Gasteiger partial charge on any atom is 0.127 e. The summed E-state index contributed by atoms with van der Waals surface area (Å²) in [5.41, 5.74) is 7.55. The minimum absolute atomic E-state index is 0.277. The van der Waals surface area contributed by atoms with Crippen molar-refractivity contribution in [3.8, 4) is 5.69 Å². The van der Waals surface area contributed by atoms with Crippen LogP contribution in [0.4, 0.5) is 10.2 Å². The highest BCUT2D eigenvalue weighted by atomic mass is 19.1. The first-order valence-electron chi connectivity index (χ1n) is 5.35. The second kappa shape index (κ2) is 3.33. The highest BCUT2D eigenvalue weighted by molar-refractivity contribution is 5.44. The number of hydrogen-bond donors (Lipinski definition) is 1. The van der Waals surface area contributed by atoms with E-state index in [1.165, 1.54) is 25.0 Å². The number of aromatic nitrogens is 2. The van der Waals surface area contributed by atoms with Gasteiger partial charge in [-0.15, -0.1) is 0 Å². The maximum atomic E-state index is 13.1. The van der Waals surface area contributed by atoms with Crippen molar-refractivity contribution in [2.75, 3.05) is 5.73 Å². The summed E-state index contributed by atoms with van der Waals surface area (Å²) in [6.45, 7) is 0. The average Bonchev–Trinajstić information content (AvgIpc) is 3.02. The fourth-order valence-electron chi connectivity index (χ4n) is 1.81. The van der Waals surface area contributed by atoms with Crippen LogP contribution >= 0.6 is 0 Å². The number of anilines is 1. The van der Waals surface area contributed by atoms with E-state index in [9.17, 15) is 4.39 Å². The molecule has 3 rings (SSSR count). The molecule has 1 aliphatic rings. The molecule has 1 aromatic heterocycles. The number of rotatable bonds is 2. The molecule has 82 valence electrons. The van der Waals surface area contributed by atoms with Crippen LogP contribution < -0.4 is 5.73 Å². The van der Waals surface area contributed by atoms with Gasteiger partial charge in [0.15, 0.2) is 0 Å². The molecule has 16 heavy (non-hydrogen) atoms. The van der Waals surface area contributed by atoms with E-state index in [-0.39, 0.29) is 5.82 Å². The quantitative estimate of drug-likeness (QED) is 0.839. The van der Waals surface area contributed by atoms with Crippen molar-refractivity contribution in [2.45, 2.75) is 18.8 Å². The highest BCUT2D eigenvalue weighted by Gasteiger charge is 2.27. The lowest BCUT2D eigenvalue weighted by molar-refractivity contribution is 0.625. The third-order valence-electron chi connectivity index (χ3n) is 2.80. The minimum atomic E-state index is -0.277. The molecule has 4 heteroatoms. The molecular formula is C12H12FN3. The SMILES string of the molecule is Nc1cc(C2CC2)nn1-c1cccc(F)c1. The van der Waals surface area contributed by atoms with Crippen molar-refractivity contribution < 1.29 is 4.39 Å². The molecule has 2 aromatic rings. The van der Waals surface area contributed by atoms with Crippen LogP contribution in [0.1, 0.15) is 24.5 Å². The van der Waals surface area contributed by atoms with Crippen LogP contribution in [0.15, 0.2) is 30.3 Å². The van der Waals surface area contributed by atoms with Gasteiger partial charge in [-0.2, -0.15) is 5.10 Å². The molecule has 0 unspecified atom stereocenters. The number of nitrogens with zero attached hydrogens (tertiary/aromatic N) is 2. The van der Waals surface area contributed by atoms with Crippen LogP contribution in [0.3, 0.4) is 0 Å². The Bertz CT molecular complexity index is 529. The predicted molar refractivity (Wildman–Crippen MR) is 59.9 cm³/mol. The Kier molecular flexibility index (Phi) is 1.96. The summed E-state index contributed by atoms with van der Waals surface area (Å²) in [5.74, 6) is 0.838. The predicted octanol–water partition coefficient (Wildman–Crippen LogP) is 2.47. The smallest absolute Gasteiger partial charge is 0.127 e. The Morgan fingerprint density at radius 2 is 2.12 bits per heavy atom. The molecular weight excluding hydrogens is 205 g/mol. The van der Waals surface area contributed by atoms with Crippen LogP contribution in [-0.4, -0.2) is 9.78 Å². The third-order valence-corrected chi connectivity index (χ3v) is 2.80. The number of halogens is 1. The topological polar surface area (TPSA) is 43.8 Å². The third kappa shape index (κ3) is 1.56. The van der Waals surface area contributed by atoms with E-state index >= 15 is 0 Å². The van der Waals surface area contributed by atoms with Gasteiger partial charge in [-0.1, -0.05) is 6.07 Å². The fraction of sp³-hybridized carbons (Fsp3) is 0.250. The van der Waals surface area contributed by atoms with Crippen LogP contribution in [0, 0.1) is 5.82 Å². The molecule has 1 fully saturated rings. The lowest BCUT2D eigenvalue weighted by Crippen LogP contribution is -2.02. The molecule has 2 N–H and O–H groups in total. The van der Waals surface area contributed by atoms with Crippen molar-refractivity contribution in [1.82, 2.24) is 9.78 Å². The minimum Gasteiger partial charge on any atom is -0.384 e. The fourth-order valence-corrected chi connectivity index (χ4v) is 1.81. The highest BCUT2D eigenvalue weighted by Crippen LogP contribution is 2.40. The Morgan fingerprint density at radius 3 is 2.81 bits per heavy atom. The van der Waals surface area contributed by atoms with Gasteiger partial charge in [-0.25, -0.2) is 9.07 Å². The van der Waals surface area contributed by atoms with E-state index in [0.717, 1.165) is 5.69 Å². The summed E-state index contributed by atoms with van der Waals surface area (Å²) in [7, 11) is 0. The zero-order chi connectivity index (χ0) is 11.1. The molecule has 0 amide bonds. The van der Waals surface area contributed by atoms with Crippen LogP contribution in [0.2, 0.25) is 0 Å².